The van der Waals surface area contributed by atoms with E-state index in [2.05, 4.69) is 23.2 Å². The molecule has 3 aromatic heterocycles. The first kappa shape index (κ1) is 22.7. The molecule has 0 aliphatic heterocycles. The molecule has 4 aromatic carbocycles. The second-order valence-corrected chi connectivity index (χ2v) is 7.91. The molecule has 0 fully saturated rings. The maximum Gasteiger partial charge on any atom is 0.141 e. The molecule has 4 nitrogen and oxygen atoms in total. The Morgan fingerprint density at radius 2 is 1.51 bits per heavy atom. The summed E-state index contributed by atoms with van der Waals surface area (Å²) in [5.74, 6) is 0.239. The maximum atomic E-state index is 9.31. The van der Waals surface area contributed by atoms with Crippen molar-refractivity contribution in [3.63, 3.8) is 0 Å². The van der Waals surface area contributed by atoms with Crippen LogP contribution in [0.15, 0.2) is 114 Å². The molecular formula is C30H19IrN2O2-. The number of aromatic hydroxyl groups is 1. The Morgan fingerprint density at radius 1 is 0.743 bits per heavy atom. The summed E-state index contributed by atoms with van der Waals surface area (Å²) in [5, 5.41) is 13.5. The minimum atomic E-state index is 0. The number of pyridine rings is 2. The van der Waals surface area contributed by atoms with E-state index in [4.69, 9.17) is 9.40 Å². The van der Waals surface area contributed by atoms with Crippen LogP contribution in [0.1, 0.15) is 0 Å². The first-order valence-corrected chi connectivity index (χ1v) is 11.0. The molecule has 0 saturated heterocycles. The van der Waals surface area contributed by atoms with Crippen LogP contribution in [-0.4, -0.2) is 15.1 Å². The summed E-state index contributed by atoms with van der Waals surface area (Å²) in [4.78, 5) is 8.94. The summed E-state index contributed by atoms with van der Waals surface area (Å²) in [6, 6.07) is 36.6. The minimum absolute atomic E-state index is 0. The number of rotatable bonds is 1. The summed E-state index contributed by atoms with van der Waals surface area (Å²) in [6.45, 7) is 0. The van der Waals surface area contributed by atoms with Gasteiger partial charge in [-0.1, -0.05) is 48.5 Å². The van der Waals surface area contributed by atoms with Crippen molar-refractivity contribution >= 4 is 43.7 Å². The van der Waals surface area contributed by atoms with Gasteiger partial charge in [0.15, 0.2) is 0 Å². The van der Waals surface area contributed by atoms with Crippen LogP contribution in [0.5, 0.6) is 5.75 Å². The molecule has 0 aliphatic carbocycles. The summed E-state index contributed by atoms with van der Waals surface area (Å²) >= 11 is 0. The molecule has 0 aliphatic rings. The van der Waals surface area contributed by atoms with Gasteiger partial charge in [0.1, 0.15) is 22.4 Å². The van der Waals surface area contributed by atoms with Gasteiger partial charge in [-0.15, -0.1) is 35.9 Å². The molecule has 0 saturated carbocycles. The molecule has 0 unspecified atom stereocenters. The fraction of sp³-hybridized carbons (Fsp3) is 0. The van der Waals surface area contributed by atoms with Crippen molar-refractivity contribution in [2.75, 3.05) is 0 Å². The summed E-state index contributed by atoms with van der Waals surface area (Å²) in [7, 11) is 0. The topological polar surface area (TPSA) is 59.2 Å². The normalized spacial score (nSPS) is 10.7. The summed E-state index contributed by atoms with van der Waals surface area (Å²) < 4.78 is 6.17. The van der Waals surface area contributed by atoms with E-state index < -0.39 is 0 Å². The second-order valence-electron chi connectivity index (χ2n) is 7.91. The minimum Gasteiger partial charge on any atom is -0.506 e. The smallest absolute Gasteiger partial charge is 0.141 e. The molecule has 7 aromatic rings. The van der Waals surface area contributed by atoms with Gasteiger partial charge in [0.2, 0.25) is 0 Å². The van der Waals surface area contributed by atoms with E-state index in [-0.39, 0.29) is 25.9 Å². The number of hydrogen-bond acceptors (Lipinski definition) is 4. The average molecular weight is 632 g/mol. The van der Waals surface area contributed by atoms with E-state index >= 15 is 0 Å². The standard InChI is InChI=1S/C21H12NO.C9H7NO.Ir/c1-2-8-14(9-3-1)20-19-16-11-5-7-13-18(16)23-21(19)15-10-4-6-12-17(15)22-20;11-8-5-1-3-7-4-2-6-10-9(7)8;/h1-8,10-13H;1-6,11H;/q-1;;. The van der Waals surface area contributed by atoms with Crippen molar-refractivity contribution in [3.8, 4) is 17.0 Å². The Balaban J connectivity index is 0.000000179. The molecule has 5 heteroatoms. The van der Waals surface area contributed by atoms with Crippen LogP contribution < -0.4 is 0 Å². The Labute approximate surface area is 215 Å². The molecule has 0 amide bonds. The number of phenolic OH excluding ortho intramolecular Hbond substituents is 1. The van der Waals surface area contributed by atoms with Crippen LogP contribution in [-0.2, 0) is 20.1 Å². The second kappa shape index (κ2) is 9.67. The molecule has 0 bridgehead atoms. The van der Waals surface area contributed by atoms with Gasteiger partial charge in [0.25, 0.3) is 0 Å². The van der Waals surface area contributed by atoms with Crippen LogP contribution in [0.3, 0.4) is 0 Å². The molecule has 1 radical (unpaired) electrons. The summed E-state index contributed by atoms with van der Waals surface area (Å²) in [6.07, 6.45) is 1.67. The van der Waals surface area contributed by atoms with E-state index in [1.807, 2.05) is 78.9 Å². The van der Waals surface area contributed by atoms with E-state index in [9.17, 15) is 5.11 Å². The zero-order chi connectivity index (χ0) is 22.9. The molecular weight excluding hydrogens is 613 g/mol. The van der Waals surface area contributed by atoms with Gasteiger partial charge in [0, 0.05) is 53.5 Å². The maximum absolute atomic E-state index is 9.31. The van der Waals surface area contributed by atoms with E-state index in [1.54, 1.807) is 18.3 Å². The van der Waals surface area contributed by atoms with E-state index in [0.717, 1.165) is 49.5 Å². The molecule has 171 valence electrons. The zero-order valence-electron chi connectivity index (χ0n) is 18.5. The van der Waals surface area contributed by atoms with Gasteiger partial charge in [-0.25, -0.2) is 0 Å². The number of nitrogens with zero attached hydrogens (tertiary/aromatic N) is 2. The van der Waals surface area contributed by atoms with Gasteiger partial charge < -0.3 is 9.52 Å². The van der Waals surface area contributed by atoms with Crippen LogP contribution in [0, 0.1) is 6.07 Å². The van der Waals surface area contributed by atoms with Gasteiger partial charge in [-0.3, -0.25) is 9.97 Å². The third-order valence-electron chi connectivity index (χ3n) is 5.79. The molecule has 0 atom stereocenters. The quantitative estimate of drug-likeness (QED) is 0.190. The first-order valence-electron chi connectivity index (χ1n) is 11.0. The average Bonchev–Trinajstić information content (AvgIpc) is 3.30. The fourth-order valence-corrected chi connectivity index (χ4v) is 4.23. The van der Waals surface area contributed by atoms with Crippen molar-refractivity contribution in [2.45, 2.75) is 0 Å². The van der Waals surface area contributed by atoms with Gasteiger partial charge >= 0.3 is 0 Å². The van der Waals surface area contributed by atoms with Crippen molar-refractivity contribution in [1.29, 1.82) is 0 Å². The monoisotopic (exact) mass is 632 g/mol. The number of hydrogen-bond donors (Lipinski definition) is 1. The first-order chi connectivity index (χ1) is 16.8. The van der Waals surface area contributed by atoms with Gasteiger partial charge in [-0.05, 0) is 30.3 Å². The molecule has 1 N–H and O–H groups in total. The largest absolute Gasteiger partial charge is 0.506 e. The Morgan fingerprint density at radius 3 is 2.34 bits per heavy atom. The molecule has 0 spiro atoms. The number of aromatic nitrogens is 2. The predicted octanol–water partition coefficient (Wildman–Crippen LogP) is 7.54. The Hall–Kier alpha value is -4.05. The third kappa shape index (κ3) is 4.16. The van der Waals surface area contributed by atoms with Crippen LogP contribution in [0.2, 0.25) is 0 Å². The summed E-state index contributed by atoms with van der Waals surface area (Å²) in [5.41, 5.74) is 5.28. The van der Waals surface area contributed by atoms with Crippen molar-refractivity contribution < 1.29 is 29.6 Å². The molecule has 3 heterocycles. The fourth-order valence-electron chi connectivity index (χ4n) is 4.23. The van der Waals surface area contributed by atoms with Crippen molar-refractivity contribution in [2.24, 2.45) is 0 Å². The molecule has 35 heavy (non-hydrogen) atoms. The number of furan rings is 1. The SMILES string of the molecule is Oc1cccc2cccnc12.[Ir].[c-]1ccccc1-c1nc2ccccc2c2oc3ccccc3c12. The number of para-hydroxylation sites is 3. The Bertz CT molecular complexity index is 1770. The van der Waals surface area contributed by atoms with E-state index in [0.29, 0.717) is 5.52 Å². The van der Waals surface area contributed by atoms with Crippen molar-refractivity contribution in [3.05, 3.63) is 115 Å². The van der Waals surface area contributed by atoms with Gasteiger partial charge in [-0.2, -0.15) is 0 Å². The molecule has 7 rings (SSSR count). The van der Waals surface area contributed by atoms with Gasteiger partial charge in [0.05, 0.1) is 5.52 Å². The Kier molecular flexibility index (Phi) is 6.28. The van der Waals surface area contributed by atoms with E-state index in [1.165, 1.54) is 0 Å². The zero-order valence-corrected chi connectivity index (χ0v) is 20.9. The predicted molar refractivity (Wildman–Crippen MR) is 137 cm³/mol. The van der Waals surface area contributed by atoms with Crippen molar-refractivity contribution in [1.82, 2.24) is 9.97 Å². The van der Waals surface area contributed by atoms with Crippen LogP contribution in [0.4, 0.5) is 0 Å². The third-order valence-corrected chi connectivity index (χ3v) is 5.79. The number of fused-ring (bicyclic) bond motifs is 6. The number of benzene rings is 4. The van der Waals surface area contributed by atoms with Crippen LogP contribution >= 0.6 is 0 Å². The number of phenols is 1. The van der Waals surface area contributed by atoms with Crippen LogP contribution in [0.25, 0.3) is 55.0 Å².